The molecule has 1 aromatic rings. The normalized spacial score (nSPS) is 11.8. The van der Waals surface area contributed by atoms with E-state index in [2.05, 4.69) is 26.2 Å². The van der Waals surface area contributed by atoms with E-state index in [9.17, 15) is 14.4 Å². The first-order valence-corrected chi connectivity index (χ1v) is 5.35. The number of nitrogens with one attached hydrogen (secondary N) is 2. The summed E-state index contributed by atoms with van der Waals surface area (Å²) in [6, 6.07) is 0.153. The molecule has 0 bridgehead atoms. The molecular formula is C9H10BrN3O4. The number of hydrogen-bond donors (Lipinski definition) is 4. The Bertz CT molecular complexity index is 457. The van der Waals surface area contributed by atoms with Crippen molar-refractivity contribution in [1.29, 1.82) is 0 Å². The van der Waals surface area contributed by atoms with E-state index in [1.54, 1.807) is 0 Å². The van der Waals surface area contributed by atoms with Gasteiger partial charge in [0.15, 0.2) is 0 Å². The van der Waals surface area contributed by atoms with Gasteiger partial charge in [0.05, 0.1) is 6.42 Å². The third-order valence-corrected chi connectivity index (χ3v) is 2.36. The Hall–Kier alpha value is -1.83. The number of aliphatic carboxylic acids is 1. The molecule has 0 unspecified atom stereocenters. The molecule has 0 saturated carbocycles. The van der Waals surface area contributed by atoms with Gasteiger partial charge in [-0.15, -0.1) is 0 Å². The maximum atomic E-state index is 11.6. The first-order valence-electron chi connectivity index (χ1n) is 4.56. The zero-order valence-electron chi connectivity index (χ0n) is 8.57. The van der Waals surface area contributed by atoms with Crippen molar-refractivity contribution in [2.45, 2.75) is 12.5 Å². The van der Waals surface area contributed by atoms with Gasteiger partial charge in [0, 0.05) is 10.7 Å². The highest BCUT2D eigenvalue weighted by Crippen LogP contribution is 2.10. The average Bonchev–Trinajstić information content (AvgIpc) is 2.63. The minimum Gasteiger partial charge on any atom is -0.480 e. The topological polar surface area (TPSA) is 125 Å². The van der Waals surface area contributed by atoms with Crippen LogP contribution in [0.15, 0.2) is 16.7 Å². The van der Waals surface area contributed by atoms with Crippen LogP contribution in [0.4, 0.5) is 0 Å². The Labute approximate surface area is 105 Å². The van der Waals surface area contributed by atoms with Crippen molar-refractivity contribution in [2.75, 3.05) is 0 Å². The molecule has 1 heterocycles. The summed E-state index contributed by atoms with van der Waals surface area (Å²) in [6.45, 7) is 0. The number of aromatic amines is 1. The number of carbonyl (C=O) groups excluding carboxylic acids is 2. The van der Waals surface area contributed by atoms with Crippen molar-refractivity contribution >= 4 is 33.7 Å². The largest absolute Gasteiger partial charge is 0.480 e. The van der Waals surface area contributed by atoms with E-state index in [0.29, 0.717) is 4.47 Å². The molecule has 0 aliphatic carbocycles. The average molecular weight is 304 g/mol. The molecule has 0 aliphatic rings. The van der Waals surface area contributed by atoms with E-state index < -0.39 is 30.2 Å². The highest BCUT2D eigenvalue weighted by atomic mass is 79.9. The van der Waals surface area contributed by atoms with Crippen molar-refractivity contribution in [3.8, 4) is 0 Å². The van der Waals surface area contributed by atoms with Gasteiger partial charge in [-0.25, -0.2) is 4.79 Å². The Morgan fingerprint density at radius 3 is 2.59 bits per heavy atom. The van der Waals surface area contributed by atoms with Gasteiger partial charge in [-0.05, 0) is 22.0 Å². The molecular weight excluding hydrogens is 294 g/mol. The first kappa shape index (κ1) is 13.2. The predicted molar refractivity (Wildman–Crippen MR) is 61.2 cm³/mol. The molecule has 5 N–H and O–H groups in total. The Morgan fingerprint density at radius 1 is 1.53 bits per heavy atom. The van der Waals surface area contributed by atoms with Crippen molar-refractivity contribution in [1.82, 2.24) is 10.3 Å². The molecule has 92 valence electrons. The molecule has 0 radical (unpaired) electrons. The Kier molecular flexibility index (Phi) is 4.27. The van der Waals surface area contributed by atoms with Gasteiger partial charge in [-0.3, -0.25) is 9.59 Å². The van der Waals surface area contributed by atoms with E-state index >= 15 is 0 Å². The van der Waals surface area contributed by atoms with Crippen LogP contribution in [0.2, 0.25) is 0 Å². The number of nitrogens with two attached hydrogens (primary N) is 1. The van der Waals surface area contributed by atoms with Gasteiger partial charge < -0.3 is 21.1 Å². The second-order valence-electron chi connectivity index (χ2n) is 3.27. The van der Waals surface area contributed by atoms with Crippen LogP contribution in [0.5, 0.6) is 0 Å². The van der Waals surface area contributed by atoms with Crippen molar-refractivity contribution < 1.29 is 19.5 Å². The summed E-state index contributed by atoms with van der Waals surface area (Å²) in [7, 11) is 0. The van der Waals surface area contributed by atoms with Crippen LogP contribution < -0.4 is 11.1 Å². The van der Waals surface area contributed by atoms with Crippen LogP contribution in [-0.4, -0.2) is 33.9 Å². The van der Waals surface area contributed by atoms with E-state index in [-0.39, 0.29) is 5.69 Å². The predicted octanol–water partition coefficient (Wildman–Crippen LogP) is -0.164. The van der Waals surface area contributed by atoms with Gasteiger partial charge in [-0.1, -0.05) is 0 Å². The monoisotopic (exact) mass is 303 g/mol. The second-order valence-corrected chi connectivity index (χ2v) is 4.18. The molecule has 8 heteroatoms. The van der Waals surface area contributed by atoms with Gasteiger partial charge in [0.2, 0.25) is 5.91 Å². The number of amides is 2. The number of carboxylic acid groups (broad SMARTS) is 1. The van der Waals surface area contributed by atoms with Gasteiger partial charge in [0.25, 0.3) is 5.91 Å². The zero-order valence-corrected chi connectivity index (χ0v) is 10.2. The van der Waals surface area contributed by atoms with Gasteiger partial charge in [0.1, 0.15) is 11.7 Å². The van der Waals surface area contributed by atoms with Gasteiger partial charge in [-0.2, -0.15) is 0 Å². The fraction of sp³-hybridized carbons (Fsp3) is 0.222. The number of hydrogen-bond acceptors (Lipinski definition) is 3. The molecule has 0 aromatic carbocycles. The Balaban J connectivity index is 2.70. The maximum absolute atomic E-state index is 11.6. The third kappa shape index (κ3) is 3.91. The molecule has 1 aromatic heterocycles. The lowest BCUT2D eigenvalue weighted by atomic mass is 10.2. The summed E-state index contributed by atoms with van der Waals surface area (Å²) in [6.07, 6.45) is 1.07. The van der Waals surface area contributed by atoms with E-state index in [1.807, 2.05) is 0 Å². The highest BCUT2D eigenvalue weighted by molar-refractivity contribution is 9.10. The molecule has 2 amide bonds. The first-order chi connectivity index (χ1) is 7.90. The van der Waals surface area contributed by atoms with Crippen LogP contribution in [0, 0.1) is 0 Å². The van der Waals surface area contributed by atoms with Crippen LogP contribution >= 0.6 is 15.9 Å². The van der Waals surface area contributed by atoms with Crippen LogP contribution in [-0.2, 0) is 9.59 Å². The van der Waals surface area contributed by atoms with Crippen molar-refractivity contribution in [3.05, 3.63) is 22.4 Å². The standard InChI is InChI=1S/C9H10BrN3O4/c10-4-1-5(12-3-4)8(15)13-6(9(16)17)2-7(11)14/h1,3,6,12H,2H2,(H2,11,14)(H,13,15)(H,16,17)/t6-/m1/s1. The summed E-state index contributed by atoms with van der Waals surface area (Å²) in [4.78, 5) is 35.6. The zero-order chi connectivity index (χ0) is 13.0. The number of halogens is 1. The smallest absolute Gasteiger partial charge is 0.326 e. The summed E-state index contributed by atoms with van der Waals surface area (Å²) in [5.74, 6) is -2.74. The third-order valence-electron chi connectivity index (χ3n) is 1.90. The maximum Gasteiger partial charge on any atom is 0.326 e. The second kappa shape index (κ2) is 5.48. The van der Waals surface area contributed by atoms with Crippen molar-refractivity contribution in [2.24, 2.45) is 5.73 Å². The highest BCUT2D eigenvalue weighted by Gasteiger charge is 2.23. The molecule has 7 nitrogen and oxygen atoms in total. The molecule has 0 aliphatic heterocycles. The number of carboxylic acids is 1. The van der Waals surface area contributed by atoms with Crippen LogP contribution in [0.1, 0.15) is 16.9 Å². The van der Waals surface area contributed by atoms with E-state index in [0.717, 1.165) is 0 Å². The summed E-state index contributed by atoms with van der Waals surface area (Å²) in [5.41, 5.74) is 5.07. The fourth-order valence-electron chi connectivity index (χ4n) is 1.14. The molecule has 1 rings (SSSR count). The van der Waals surface area contributed by atoms with Crippen LogP contribution in [0.3, 0.4) is 0 Å². The minimum atomic E-state index is -1.33. The van der Waals surface area contributed by atoms with Crippen molar-refractivity contribution in [3.63, 3.8) is 0 Å². The lowest BCUT2D eigenvalue weighted by molar-refractivity contribution is -0.140. The summed E-state index contributed by atoms with van der Waals surface area (Å²) < 4.78 is 0.657. The minimum absolute atomic E-state index is 0.188. The molecule has 0 fully saturated rings. The number of rotatable bonds is 5. The molecule has 1 atom stereocenters. The number of primary amides is 1. The SMILES string of the molecule is NC(=O)C[C@@H](NC(=O)c1cc(Br)c[nH]1)C(=O)O. The molecule has 17 heavy (non-hydrogen) atoms. The lowest BCUT2D eigenvalue weighted by Crippen LogP contribution is -2.43. The number of aromatic nitrogens is 1. The summed E-state index contributed by atoms with van der Waals surface area (Å²) >= 11 is 3.13. The number of carbonyl (C=O) groups is 3. The lowest BCUT2D eigenvalue weighted by Gasteiger charge is -2.11. The van der Waals surface area contributed by atoms with E-state index in [1.165, 1.54) is 12.3 Å². The molecule has 0 spiro atoms. The quantitative estimate of drug-likeness (QED) is 0.603. The Morgan fingerprint density at radius 2 is 2.18 bits per heavy atom. The van der Waals surface area contributed by atoms with E-state index in [4.69, 9.17) is 10.8 Å². The number of H-pyrrole nitrogens is 1. The van der Waals surface area contributed by atoms with Crippen LogP contribution in [0.25, 0.3) is 0 Å². The van der Waals surface area contributed by atoms with Gasteiger partial charge >= 0.3 is 5.97 Å². The summed E-state index contributed by atoms with van der Waals surface area (Å²) in [5, 5.41) is 11.0. The fourth-order valence-corrected chi connectivity index (χ4v) is 1.48. The molecule has 0 saturated heterocycles.